The van der Waals surface area contributed by atoms with Gasteiger partial charge in [-0.1, -0.05) is 12.8 Å². The Labute approximate surface area is 159 Å². The molecule has 2 amide bonds. The van der Waals surface area contributed by atoms with Crippen LogP contribution in [0.15, 0.2) is 24.4 Å². The zero-order chi connectivity index (χ0) is 18.8. The Bertz CT molecular complexity index is 838. The van der Waals surface area contributed by atoms with E-state index in [-0.39, 0.29) is 17.7 Å². The van der Waals surface area contributed by atoms with Gasteiger partial charge in [0.2, 0.25) is 11.8 Å². The van der Waals surface area contributed by atoms with Gasteiger partial charge in [-0.25, -0.2) is 0 Å². The fourth-order valence-corrected chi connectivity index (χ4v) is 4.43. The molecule has 1 saturated carbocycles. The Hall–Kier alpha value is -2.50. The van der Waals surface area contributed by atoms with Crippen molar-refractivity contribution in [3.05, 3.63) is 30.0 Å². The number of hydrogen-bond donors (Lipinski definition) is 2. The lowest BCUT2D eigenvalue weighted by Gasteiger charge is -2.23. The highest BCUT2D eigenvalue weighted by Gasteiger charge is 2.38. The van der Waals surface area contributed by atoms with E-state index in [1.807, 2.05) is 29.3 Å². The number of likely N-dealkylation sites (tertiary alicyclic amines) is 1. The second-order valence-electron chi connectivity index (χ2n) is 7.65. The average Bonchev–Trinajstić information content (AvgIpc) is 3.41. The van der Waals surface area contributed by atoms with Crippen LogP contribution in [0.25, 0.3) is 10.9 Å². The van der Waals surface area contributed by atoms with E-state index < -0.39 is 0 Å². The Balaban J connectivity index is 1.31. The van der Waals surface area contributed by atoms with Gasteiger partial charge in [0.05, 0.1) is 13.0 Å². The molecule has 0 bridgehead atoms. The zero-order valence-corrected chi connectivity index (χ0v) is 15.8. The molecule has 1 atom stereocenters. The van der Waals surface area contributed by atoms with Gasteiger partial charge in [-0.15, -0.1) is 0 Å². The molecular weight excluding hydrogens is 342 g/mol. The third-order valence-corrected chi connectivity index (χ3v) is 5.96. The van der Waals surface area contributed by atoms with Crippen LogP contribution in [0.4, 0.5) is 0 Å². The van der Waals surface area contributed by atoms with Crippen molar-refractivity contribution >= 4 is 22.7 Å². The number of aromatic amines is 1. The molecule has 1 saturated heterocycles. The van der Waals surface area contributed by atoms with Crippen molar-refractivity contribution in [3.63, 3.8) is 0 Å². The van der Waals surface area contributed by atoms with Gasteiger partial charge >= 0.3 is 0 Å². The Kier molecular flexibility index (Phi) is 5.05. The van der Waals surface area contributed by atoms with E-state index in [9.17, 15) is 9.59 Å². The quantitative estimate of drug-likeness (QED) is 0.822. The maximum absolute atomic E-state index is 12.5. The lowest BCUT2D eigenvalue weighted by molar-refractivity contribution is -0.130. The van der Waals surface area contributed by atoms with Gasteiger partial charge in [-0.2, -0.15) is 0 Å². The van der Waals surface area contributed by atoms with Crippen LogP contribution in [0, 0.1) is 5.92 Å². The predicted molar refractivity (Wildman–Crippen MR) is 104 cm³/mol. The van der Waals surface area contributed by atoms with Gasteiger partial charge in [-0.05, 0) is 43.0 Å². The normalized spacial score (nSPS) is 20.6. The standard InChI is InChI=1S/C21H27N3O3/c1-27-17-6-7-19-18(11-17)14(12-23-19)8-9-22-21(26)15-10-20(25)24(13-15)16-4-2-3-5-16/h6-7,11-12,15-16,23H,2-5,8-10,13H2,1H3,(H,22,26). The first-order valence-electron chi connectivity index (χ1n) is 9.87. The number of benzene rings is 1. The second-order valence-corrected chi connectivity index (χ2v) is 7.65. The van der Waals surface area contributed by atoms with Gasteiger partial charge < -0.3 is 19.9 Å². The molecule has 2 aliphatic rings. The molecule has 4 rings (SSSR count). The van der Waals surface area contributed by atoms with Crippen molar-refractivity contribution in [1.82, 2.24) is 15.2 Å². The molecule has 1 aromatic carbocycles. The SMILES string of the molecule is COc1ccc2[nH]cc(CCNC(=O)C3CC(=O)N(C4CCCC4)C3)c2c1. The van der Waals surface area contributed by atoms with Crippen LogP contribution >= 0.6 is 0 Å². The number of carbonyl (C=O) groups excluding carboxylic acids is 2. The third-order valence-electron chi connectivity index (χ3n) is 5.96. The average molecular weight is 369 g/mol. The Morgan fingerprint density at radius 3 is 2.93 bits per heavy atom. The first kappa shape index (κ1) is 17.9. The monoisotopic (exact) mass is 369 g/mol. The van der Waals surface area contributed by atoms with Crippen LogP contribution in [0.3, 0.4) is 0 Å². The fourth-order valence-electron chi connectivity index (χ4n) is 4.43. The summed E-state index contributed by atoms with van der Waals surface area (Å²) in [6.45, 7) is 1.15. The van der Waals surface area contributed by atoms with Crippen LogP contribution in [0.5, 0.6) is 5.75 Å². The number of amides is 2. The summed E-state index contributed by atoms with van der Waals surface area (Å²) in [5, 5.41) is 4.14. The molecule has 144 valence electrons. The van der Waals surface area contributed by atoms with Gasteiger partial charge in [-0.3, -0.25) is 9.59 Å². The number of fused-ring (bicyclic) bond motifs is 1. The molecule has 0 spiro atoms. The summed E-state index contributed by atoms with van der Waals surface area (Å²) in [7, 11) is 1.66. The lowest BCUT2D eigenvalue weighted by Crippen LogP contribution is -2.37. The van der Waals surface area contributed by atoms with Crippen LogP contribution in [-0.2, 0) is 16.0 Å². The molecule has 27 heavy (non-hydrogen) atoms. The molecule has 6 heteroatoms. The number of nitrogens with zero attached hydrogens (tertiary/aromatic N) is 1. The van der Waals surface area contributed by atoms with E-state index in [0.29, 0.717) is 25.6 Å². The first-order chi connectivity index (χ1) is 13.2. The minimum atomic E-state index is -0.207. The number of hydrogen-bond acceptors (Lipinski definition) is 3. The molecule has 6 nitrogen and oxygen atoms in total. The van der Waals surface area contributed by atoms with Crippen LogP contribution in [0.2, 0.25) is 0 Å². The van der Waals surface area contributed by atoms with Gasteiger partial charge in [0.15, 0.2) is 0 Å². The number of rotatable bonds is 6. The topological polar surface area (TPSA) is 74.4 Å². The summed E-state index contributed by atoms with van der Waals surface area (Å²) in [4.78, 5) is 30.0. The van der Waals surface area contributed by atoms with E-state index >= 15 is 0 Å². The van der Waals surface area contributed by atoms with Crippen molar-refractivity contribution in [2.75, 3.05) is 20.2 Å². The molecule has 2 N–H and O–H groups in total. The van der Waals surface area contributed by atoms with Crippen molar-refractivity contribution in [3.8, 4) is 5.75 Å². The summed E-state index contributed by atoms with van der Waals surface area (Å²) in [5.74, 6) is 0.761. The molecule has 1 aliphatic heterocycles. The van der Waals surface area contributed by atoms with Gasteiger partial charge in [0.25, 0.3) is 0 Å². The molecule has 0 radical (unpaired) electrons. The lowest BCUT2D eigenvalue weighted by atomic mass is 10.1. The first-order valence-corrected chi connectivity index (χ1v) is 9.87. The van der Waals surface area contributed by atoms with Crippen molar-refractivity contribution in [1.29, 1.82) is 0 Å². The maximum Gasteiger partial charge on any atom is 0.225 e. The van der Waals surface area contributed by atoms with Gasteiger partial charge in [0.1, 0.15) is 5.75 Å². The Morgan fingerprint density at radius 1 is 1.33 bits per heavy atom. The molecule has 1 aliphatic carbocycles. The highest BCUT2D eigenvalue weighted by molar-refractivity contribution is 5.89. The van der Waals surface area contributed by atoms with Crippen LogP contribution < -0.4 is 10.1 Å². The van der Waals surface area contributed by atoms with E-state index in [4.69, 9.17) is 4.74 Å². The number of H-pyrrole nitrogens is 1. The highest BCUT2D eigenvalue weighted by Crippen LogP contribution is 2.29. The molecule has 1 aromatic heterocycles. The number of aromatic nitrogens is 1. The van der Waals surface area contributed by atoms with Crippen molar-refractivity contribution < 1.29 is 14.3 Å². The second kappa shape index (κ2) is 7.62. The molecular formula is C21H27N3O3. The minimum absolute atomic E-state index is 0.00117. The van der Waals surface area contributed by atoms with E-state index in [0.717, 1.165) is 41.5 Å². The fraction of sp³-hybridized carbons (Fsp3) is 0.524. The summed E-state index contributed by atoms with van der Waals surface area (Å²) in [5.41, 5.74) is 2.21. The number of ether oxygens (including phenoxy) is 1. The summed E-state index contributed by atoms with van der Waals surface area (Å²) >= 11 is 0. The van der Waals surface area contributed by atoms with Gasteiger partial charge in [0, 0.05) is 42.7 Å². The van der Waals surface area contributed by atoms with Crippen LogP contribution in [-0.4, -0.2) is 47.9 Å². The summed E-state index contributed by atoms with van der Waals surface area (Å²) < 4.78 is 5.30. The predicted octanol–water partition coefficient (Wildman–Crippen LogP) is 2.63. The van der Waals surface area contributed by atoms with E-state index in [1.165, 1.54) is 12.8 Å². The highest BCUT2D eigenvalue weighted by atomic mass is 16.5. The number of methoxy groups -OCH3 is 1. The van der Waals surface area contributed by atoms with Crippen molar-refractivity contribution in [2.24, 2.45) is 5.92 Å². The third kappa shape index (κ3) is 3.66. The summed E-state index contributed by atoms with van der Waals surface area (Å²) in [6, 6.07) is 6.30. The van der Waals surface area contributed by atoms with E-state index in [2.05, 4.69) is 10.3 Å². The maximum atomic E-state index is 12.5. The van der Waals surface area contributed by atoms with Crippen molar-refractivity contribution in [2.45, 2.75) is 44.6 Å². The largest absolute Gasteiger partial charge is 0.497 e. The molecule has 2 aromatic rings. The van der Waals surface area contributed by atoms with Crippen LogP contribution in [0.1, 0.15) is 37.7 Å². The summed E-state index contributed by atoms with van der Waals surface area (Å²) in [6.07, 6.45) is 7.64. The molecule has 2 fully saturated rings. The smallest absolute Gasteiger partial charge is 0.225 e. The Morgan fingerprint density at radius 2 is 2.15 bits per heavy atom. The zero-order valence-electron chi connectivity index (χ0n) is 15.8. The molecule has 2 heterocycles. The number of carbonyl (C=O) groups is 2. The number of nitrogens with one attached hydrogen (secondary N) is 2. The minimum Gasteiger partial charge on any atom is -0.497 e. The molecule has 1 unspecified atom stereocenters. The van der Waals surface area contributed by atoms with E-state index in [1.54, 1.807) is 7.11 Å².